The number of imidazole rings is 1. The molecule has 0 saturated heterocycles. The first-order valence-electron chi connectivity index (χ1n) is 14.4. The summed E-state index contributed by atoms with van der Waals surface area (Å²) in [5, 5.41) is 0. The average molecular weight is 453 g/mol. The fourth-order valence-electron chi connectivity index (χ4n) is 5.29. The van der Waals surface area contributed by atoms with Crippen LogP contribution >= 0.6 is 0 Å². The summed E-state index contributed by atoms with van der Waals surface area (Å²) in [5.41, 5.74) is 1.49. The van der Waals surface area contributed by atoms with Crippen LogP contribution in [0.5, 0.6) is 0 Å². The molecule has 0 N–H and O–H groups in total. The maximum Gasteiger partial charge on any atom is 0.0948 e. The van der Waals surface area contributed by atoms with Gasteiger partial charge in [0.1, 0.15) is 0 Å². The molecule has 186 valence electrons. The highest BCUT2D eigenvalue weighted by molar-refractivity contribution is 5.15. The lowest BCUT2D eigenvalue weighted by molar-refractivity contribution is 0.275. The molecule has 2 unspecified atom stereocenters. The Bertz CT molecular complexity index is 649. The molecule has 0 saturated carbocycles. The van der Waals surface area contributed by atoms with Crippen molar-refractivity contribution in [2.75, 3.05) is 0 Å². The summed E-state index contributed by atoms with van der Waals surface area (Å²) in [6, 6.07) is 11.7. The second-order valence-corrected chi connectivity index (χ2v) is 10.2. The van der Waals surface area contributed by atoms with Gasteiger partial charge in [-0.3, -0.25) is 0 Å². The van der Waals surface area contributed by atoms with E-state index in [0.717, 1.165) is 0 Å². The van der Waals surface area contributed by atoms with Crippen molar-refractivity contribution in [2.24, 2.45) is 5.92 Å². The number of hydrogen-bond donors (Lipinski definition) is 0. The molecule has 2 atom stereocenters. The molecule has 0 aliphatic rings. The van der Waals surface area contributed by atoms with Gasteiger partial charge in [0.15, 0.2) is 0 Å². The van der Waals surface area contributed by atoms with Crippen LogP contribution in [0.25, 0.3) is 0 Å². The van der Waals surface area contributed by atoms with E-state index in [1.807, 2.05) is 6.20 Å². The summed E-state index contributed by atoms with van der Waals surface area (Å²) in [7, 11) is 0. The van der Waals surface area contributed by atoms with Crippen molar-refractivity contribution in [1.82, 2.24) is 9.55 Å². The van der Waals surface area contributed by atoms with Gasteiger partial charge in [-0.25, -0.2) is 4.98 Å². The highest BCUT2D eigenvalue weighted by Crippen LogP contribution is 2.32. The van der Waals surface area contributed by atoms with Crippen LogP contribution in [0.15, 0.2) is 49.1 Å². The van der Waals surface area contributed by atoms with Gasteiger partial charge >= 0.3 is 0 Å². The van der Waals surface area contributed by atoms with Gasteiger partial charge in [0.25, 0.3) is 0 Å². The van der Waals surface area contributed by atoms with E-state index in [2.05, 4.69) is 66.3 Å². The van der Waals surface area contributed by atoms with Crippen LogP contribution in [0.3, 0.4) is 0 Å². The third-order valence-electron chi connectivity index (χ3n) is 7.32. The molecule has 33 heavy (non-hydrogen) atoms. The zero-order valence-corrected chi connectivity index (χ0v) is 21.9. The smallest absolute Gasteiger partial charge is 0.0948 e. The molecule has 2 rings (SSSR count). The molecular weight excluding hydrogens is 400 g/mol. The third kappa shape index (κ3) is 12.5. The van der Waals surface area contributed by atoms with Crippen LogP contribution in [-0.2, 0) is 6.42 Å². The van der Waals surface area contributed by atoms with Crippen LogP contribution in [-0.4, -0.2) is 9.55 Å². The lowest BCUT2D eigenvalue weighted by atomic mass is 9.84. The van der Waals surface area contributed by atoms with Crippen molar-refractivity contribution >= 4 is 0 Å². The summed E-state index contributed by atoms with van der Waals surface area (Å²) in [4.78, 5) is 4.42. The Balaban J connectivity index is 1.85. The maximum absolute atomic E-state index is 4.42. The Morgan fingerprint density at radius 2 is 1.21 bits per heavy atom. The molecule has 1 heterocycles. The first kappa shape index (κ1) is 27.7. The van der Waals surface area contributed by atoms with E-state index in [1.54, 1.807) is 0 Å². The van der Waals surface area contributed by atoms with Crippen molar-refractivity contribution < 1.29 is 0 Å². The first-order valence-corrected chi connectivity index (χ1v) is 14.4. The third-order valence-corrected chi connectivity index (χ3v) is 7.32. The van der Waals surface area contributed by atoms with Crippen LogP contribution in [0, 0.1) is 5.92 Å². The van der Waals surface area contributed by atoms with Gasteiger partial charge in [-0.2, -0.15) is 0 Å². The van der Waals surface area contributed by atoms with Crippen molar-refractivity contribution in [3.05, 3.63) is 54.6 Å². The maximum atomic E-state index is 4.42. The van der Waals surface area contributed by atoms with Crippen molar-refractivity contribution in [3.8, 4) is 0 Å². The monoisotopic (exact) mass is 452 g/mol. The molecular formula is C31H52N2. The molecule has 0 radical (unpaired) electrons. The molecule has 0 amide bonds. The molecule has 1 aromatic carbocycles. The quantitative estimate of drug-likeness (QED) is 0.172. The minimum Gasteiger partial charge on any atom is -0.334 e. The van der Waals surface area contributed by atoms with E-state index in [-0.39, 0.29) is 0 Å². The minimum absolute atomic E-state index is 0.577. The molecule has 1 aromatic heterocycles. The molecule has 0 bridgehead atoms. The average Bonchev–Trinajstić information content (AvgIpc) is 3.37. The van der Waals surface area contributed by atoms with Gasteiger partial charge in [0.05, 0.1) is 6.33 Å². The van der Waals surface area contributed by atoms with Crippen molar-refractivity contribution in [1.29, 1.82) is 0 Å². The normalized spacial score (nSPS) is 13.3. The van der Waals surface area contributed by atoms with Gasteiger partial charge in [-0.15, -0.1) is 0 Å². The van der Waals surface area contributed by atoms with Gasteiger partial charge in [0.2, 0.25) is 0 Å². The molecule has 0 aliphatic carbocycles. The molecule has 2 heteroatoms. The Labute approximate surface area is 205 Å². The fraction of sp³-hybridized carbons (Fsp3) is 0.710. The molecule has 0 spiro atoms. The summed E-state index contributed by atoms with van der Waals surface area (Å²) < 4.78 is 2.42. The lowest BCUT2D eigenvalue weighted by Crippen LogP contribution is -2.21. The predicted octanol–water partition coefficient (Wildman–Crippen LogP) is 9.95. The van der Waals surface area contributed by atoms with E-state index in [9.17, 15) is 0 Å². The Morgan fingerprint density at radius 1 is 0.667 bits per heavy atom. The zero-order valence-electron chi connectivity index (χ0n) is 21.9. The van der Waals surface area contributed by atoms with Crippen LogP contribution in [0.1, 0.15) is 135 Å². The number of unbranched alkanes of at least 4 members (excludes halogenated alkanes) is 13. The van der Waals surface area contributed by atoms with E-state index < -0.39 is 0 Å². The summed E-state index contributed by atoms with van der Waals surface area (Å²) in [5.74, 6) is 0.696. The van der Waals surface area contributed by atoms with Crippen molar-refractivity contribution in [2.45, 2.75) is 135 Å². The van der Waals surface area contributed by atoms with Gasteiger partial charge in [-0.05, 0) is 30.7 Å². The lowest BCUT2D eigenvalue weighted by Gasteiger charge is -2.29. The minimum atomic E-state index is 0.577. The highest BCUT2D eigenvalue weighted by Gasteiger charge is 2.23. The zero-order chi connectivity index (χ0) is 23.4. The van der Waals surface area contributed by atoms with Crippen LogP contribution in [0.4, 0.5) is 0 Å². The Hall–Kier alpha value is -1.57. The summed E-state index contributed by atoms with van der Waals surface area (Å²) in [6.45, 7) is 4.60. The summed E-state index contributed by atoms with van der Waals surface area (Å²) >= 11 is 0. The van der Waals surface area contributed by atoms with Crippen LogP contribution < -0.4 is 0 Å². The van der Waals surface area contributed by atoms with Crippen molar-refractivity contribution in [3.63, 3.8) is 0 Å². The second kappa shape index (κ2) is 18.8. The van der Waals surface area contributed by atoms with E-state index >= 15 is 0 Å². The second-order valence-electron chi connectivity index (χ2n) is 10.2. The van der Waals surface area contributed by atoms with Gasteiger partial charge in [0, 0.05) is 18.4 Å². The van der Waals surface area contributed by atoms with E-state index in [1.165, 1.54) is 121 Å². The predicted molar refractivity (Wildman–Crippen MR) is 145 cm³/mol. The van der Waals surface area contributed by atoms with E-state index in [4.69, 9.17) is 0 Å². The molecule has 0 fully saturated rings. The topological polar surface area (TPSA) is 17.8 Å². The number of rotatable bonds is 21. The Morgan fingerprint density at radius 3 is 1.76 bits per heavy atom. The van der Waals surface area contributed by atoms with Gasteiger partial charge in [-0.1, -0.05) is 140 Å². The molecule has 2 nitrogen and oxygen atoms in total. The number of nitrogens with zero attached hydrogens (tertiary/aromatic N) is 2. The largest absolute Gasteiger partial charge is 0.334 e. The number of aromatic nitrogens is 2. The SMILES string of the molecule is CCCCCCCCCCCCC(C(CCCCCCC)Cc1ccccc1)n1ccnc1. The number of hydrogen-bond acceptors (Lipinski definition) is 1. The highest BCUT2D eigenvalue weighted by atomic mass is 15.1. The Kier molecular flexibility index (Phi) is 15.8. The van der Waals surface area contributed by atoms with Gasteiger partial charge < -0.3 is 4.57 Å². The summed E-state index contributed by atoms with van der Waals surface area (Å²) in [6.07, 6.45) is 31.0. The van der Waals surface area contributed by atoms with E-state index in [0.29, 0.717) is 12.0 Å². The molecule has 0 aliphatic heterocycles. The molecule has 2 aromatic rings. The standard InChI is InChI=1S/C31H52N2/c1-3-5-7-9-10-11-12-13-15-20-24-31(33-26-25-32-28-33)30(23-19-14-8-6-4-2)27-29-21-17-16-18-22-29/h16-18,21-22,25-26,28,30-31H,3-15,19-20,23-24,27H2,1-2H3. The fourth-order valence-corrected chi connectivity index (χ4v) is 5.29. The van der Waals surface area contributed by atoms with Crippen LogP contribution in [0.2, 0.25) is 0 Å². The first-order chi connectivity index (χ1) is 16.3. The number of benzene rings is 1.